The van der Waals surface area contributed by atoms with Crippen LogP contribution in [0.3, 0.4) is 0 Å². The molecule has 2 rings (SSSR count). The SMILES string of the molecule is CC(Nc1cccc(CS(C)=O)c1)c1cc(F)ccc1F. The van der Waals surface area contributed by atoms with Gasteiger partial charge in [-0.2, -0.15) is 0 Å². The maximum Gasteiger partial charge on any atom is 0.128 e. The van der Waals surface area contributed by atoms with E-state index in [-0.39, 0.29) is 11.6 Å². The number of halogens is 2. The second-order valence-electron chi connectivity index (χ2n) is 4.95. The molecule has 0 saturated heterocycles. The van der Waals surface area contributed by atoms with E-state index in [4.69, 9.17) is 0 Å². The first-order valence-corrected chi connectivity index (χ1v) is 8.29. The summed E-state index contributed by atoms with van der Waals surface area (Å²) in [6, 6.07) is 10.5. The van der Waals surface area contributed by atoms with E-state index >= 15 is 0 Å². The van der Waals surface area contributed by atoms with Crippen molar-refractivity contribution < 1.29 is 13.0 Å². The fraction of sp³-hybridized carbons (Fsp3) is 0.250. The van der Waals surface area contributed by atoms with E-state index in [1.165, 1.54) is 6.07 Å². The van der Waals surface area contributed by atoms with Crippen LogP contribution in [0.25, 0.3) is 0 Å². The van der Waals surface area contributed by atoms with E-state index in [9.17, 15) is 13.0 Å². The van der Waals surface area contributed by atoms with Crippen LogP contribution in [-0.2, 0) is 16.6 Å². The molecule has 21 heavy (non-hydrogen) atoms. The Bertz CT molecular complexity index is 660. The maximum absolute atomic E-state index is 13.7. The van der Waals surface area contributed by atoms with Crippen LogP contribution in [0.5, 0.6) is 0 Å². The first-order chi connectivity index (χ1) is 9.95. The zero-order valence-corrected chi connectivity index (χ0v) is 12.7. The van der Waals surface area contributed by atoms with E-state index in [2.05, 4.69) is 5.32 Å². The van der Waals surface area contributed by atoms with Crippen molar-refractivity contribution in [1.29, 1.82) is 0 Å². The Morgan fingerprint density at radius 2 is 1.95 bits per heavy atom. The Kier molecular flexibility index (Phi) is 5.07. The number of hydrogen-bond donors (Lipinski definition) is 1. The van der Waals surface area contributed by atoms with Crippen molar-refractivity contribution in [3.63, 3.8) is 0 Å². The zero-order valence-electron chi connectivity index (χ0n) is 11.9. The molecule has 2 aromatic rings. The van der Waals surface area contributed by atoms with Gasteiger partial charge in [-0.05, 0) is 42.8 Å². The van der Waals surface area contributed by atoms with Crippen LogP contribution in [0.4, 0.5) is 14.5 Å². The van der Waals surface area contributed by atoms with Gasteiger partial charge in [-0.15, -0.1) is 0 Å². The zero-order chi connectivity index (χ0) is 15.4. The topological polar surface area (TPSA) is 29.1 Å². The summed E-state index contributed by atoms with van der Waals surface area (Å²) in [4.78, 5) is 0. The van der Waals surface area contributed by atoms with Crippen LogP contribution < -0.4 is 5.32 Å². The van der Waals surface area contributed by atoms with Gasteiger partial charge in [0.25, 0.3) is 0 Å². The second-order valence-corrected chi connectivity index (χ2v) is 6.38. The van der Waals surface area contributed by atoms with Gasteiger partial charge >= 0.3 is 0 Å². The van der Waals surface area contributed by atoms with E-state index in [0.717, 1.165) is 23.4 Å². The minimum absolute atomic E-state index is 0.277. The summed E-state index contributed by atoms with van der Waals surface area (Å²) < 4.78 is 38.2. The number of nitrogens with one attached hydrogen (secondary N) is 1. The van der Waals surface area contributed by atoms with Crippen LogP contribution >= 0.6 is 0 Å². The minimum atomic E-state index is -0.918. The van der Waals surface area contributed by atoms with Crippen molar-refractivity contribution >= 4 is 16.5 Å². The Balaban J connectivity index is 2.17. The normalized spacial score (nSPS) is 13.7. The molecular formula is C16H17F2NOS. The van der Waals surface area contributed by atoms with Gasteiger partial charge < -0.3 is 5.32 Å². The van der Waals surface area contributed by atoms with Gasteiger partial charge in [0, 0.05) is 34.1 Å². The molecule has 0 spiro atoms. The molecule has 2 nitrogen and oxygen atoms in total. The molecule has 0 radical (unpaired) electrons. The number of anilines is 1. The number of rotatable bonds is 5. The quantitative estimate of drug-likeness (QED) is 0.904. The molecular weight excluding hydrogens is 292 g/mol. The Labute approximate surface area is 125 Å². The Morgan fingerprint density at radius 3 is 2.67 bits per heavy atom. The van der Waals surface area contributed by atoms with Gasteiger partial charge in [-0.1, -0.05) is 12.1 Å². The highest BCUT2D eigenvalue weighted by molar-refractivity contribution is 7.83. The lowest BCUT2D eigenvalue weighted by molar-refractivity contribution is 0.577. The first kappa shape index (κ1) is 15.6. The monoisotopic (exact) mass is 309 g/mol. The molecule has 0 bridgehead atoms. The molecule has 0 heterocycles. The average molecular weight is 309 g/mol. The highest BCUT2D eigenvalue weighted by Gasteiger charge is 2.12. The van der Waals surface area contributed by atoms with Gasteiger partial charge in [0.1, 0.15) is 11.6 Å². The molecule has 2 unspecified atom stereocenters. The van der Waals surface area contributed by atoms with Crippen molar-refractivity contribution in [2.24, 2.45) is 0 Å². The maximum atomic E-state index is 13.7. The molecule has 2 aromatic carbocycles. The van der Waals surface area contributed by atoms with Gasteiger partial charge in [-0.25, -0.2) is 8.78 Å². The third kappa shape index (κ3) is 4.36. The molecule has 0 amide bonds. The van der Waals surface area contributed by atoms with Crippen LogP contribution in [-0.4, -0.2) is 10.5 Å². The van der Waals surface area contributed by atoms with Crippen LogP contribution in [0.1, 0.15) is 24.1 Å². The lowest BCUT2D eigenvalue weighted by Gasteiger charge is -2.17. The summed E-state index contributed by atoms with van der Waals surface area (Å²) in [7, 11) is -0.918. The van der Waals surface area contributed by atoms with E-state index in [1.54, 1.807) is 13.2 Å². The summed E-state index contributed by atoms with van der Waals surface area (Å²) in [6.45, 7) is 1.77. The van der Waals surface area contributed by atoms with E-state index < -0.39 is 22.4 Å². The van der Waals surface area contributed by atoms with E-state index in [1.807, 2.05) is 24.3 Å². The van der Waals surface area contributed by atoms with Gasteiger partial charge in [-0.3, -0.25) is 4.21 Å². The molecule has 5 heteroatoms. The fourth-order valence-electron chi connectivity index (χ4n) is 2.16. The fourth-order valence-corrected chi connectivity index (χ4v) is 2.81. The molecule has 0 fully saturated rings. The molecule has 0 aliphatic rings. The van der Waals surface area contributed by atoms with Gasteiger partial charge in [0.05, 0.1) is 6.04 Å². The van der Waals surface area contributed by atoms with Gasteiger partial charge in [0.15, 0.2) is 0 Å². The molecule has 2 atom stereocenters. The molecule has 0 aliphatic heterocycles. The third-order valence-electron chi connectivity index (χ3n) is 3.10. The summed E-state index contributed by atoms with van der Waals surface area (Å²) in [5, 5.41) is 3.13. The molecule has 112 valence electrons. The van der Waals surface area contributed by atoms with Gasteiger partial charge in [0.2, 0.25) is 0 Å². The summed E-state index contributed by atoms with van der Waals surface area (Å²) in [5.74, 6) is -0.435. The average Bonchev–Trinajstić information content (AvgIpc) is 2.41. The first-order valence-electron chi connectivity index (χ1n) is 6.56. The van der Waals surface area contributed by atoms with Crippen molar-refractivity contribution in [3.05, 3.63) is 65.2 Å². The summed E-state index contributed by atoms with van der Waals surface area (Å²) in [6.07, 6.45) is 1.64. The molecule has 0 aromatic heterocycles. The van der Waals surface area contributed by atoms with Crippen molar-refractivity contribution in [1.82, 2.24) is 0 Å². The van der Waals surface area contributed by atoms with Crippen LogP contribution in [0.15, 0.2) is 42.5 Å². The van der Waals surface area contributed by atoms with Crippen molar-refractivity contribution in [2.75, 3.05) is 11.6 Å². The van der Waals surface area contributed by atoms with Crippen LogP contribution in [0.2, 0.25) is 0 Å². The third-order valence-corrected chi connectivity index (χ3v) is 3.84. The summed E-state index contributed by atoms with van der Waals surface area (Å²) >= 11 is 0. The highest BCUT2D eigenvalue weighted by atomic mass is 32.2. The smallest absolute Gasteiger partial charge is 0.128 e. The highest BCUT2D eigenvalue weighted by Crippen LogP contribution is 2.23. The standard InChI is InChI=1S/C16H17F2NOS/c1-11(15-9-13(17)6-7-16(15)18)19-14-5-3-4-12(8-14)10-21(2)20/h3-9,11,19H,10H2,1-2H3. The molecule has 0 aliphatic carbocycles. The number of benzene rings is 2. The largest absolute Gasteiger partial charge is 0.378 e. The molecule has 0 saturated carbocycles. The Morgan fingerprint density at radius 1 is 1.19 bits per heavy atom. The van der Waals surface area contributed by atoms with E-state index in [0.29, 0.717) is 5.75 Å². The predicted octanol–water partition coefficient (Wildman–Crippen LogP) is 4.02. The van der Waals surface area contributed by atoms with Crippen molar-refractivity contribution in [2.45, 2.75) is 18.7 Å². The lowest BCUT2D eigenvalue weighted by Crippen LogP contribution is -2.09. The summed E-state index contributed by atoms with van der Waals surface area (Å²) in [5.41, 5.74) is 2.00. The minimum Gasteiger partial charge on any atom is -0.378 e. The van der Waals surface area contributed by atoms with Crippen molar-refractivity contribution in [3.8, 4) is 0 Å². The molecule has 1 N–H and O–H groups in total. The number of hydrogen-bond acceptors (Lipinski definition) is 2. The predicted molar refractivity (Wildman–Crippen MR) is 82.6 cm³/mol. The second kappa shape index (κ2) is 6.80. The van der Waals surface area contributed by atoms with Crippen LogP contribution in [0, 0.1) is 11.6 Å². The lowest BCUT2D eigenvalue weighted by atomic mass is 10.1. The Hall–Kier alpha value is -1.75.